The summed E-state index contributed by atoms with van der Waals surface area (Å²) in [5.74, 6) is 0.236. The molecule has 0 spiro atoms. The number of carbonyl (C=O) groups is 1. The number of rotatable bonds is 4. The first-order chi connectivity index (χ1) is 9.84. The zero-order valence-electron chi connectivity index (χ0n) is 13.5. The van der Waals surface area contributed by atoms with Gasteiger partial charge in [-0.15, -0.1) is 0 Å². The van der Waals surface area contributed by atoms with E-state index < -0.39 is 0 Å². The molecule has 1 atom stereocenters. The molecule has 21 heavy (non-hydrogen) atoms. The first kappa shape index (κ1) is 16.0. The Morgan fingerprint density at radius 3 is 2.95 bits per heavy atom. The topological polar surface area (TPSA) is 67.5 Å². The molecule has 0 radical (unpaired) electrons. The zero-order valence-corrected chi connectivity index (χ0v) is 13.5. The Hall–Kier alpha value is -1.40. The predicted molar refractivity (Wildman–Crippen MR) is 79.4 cm³/mol. The fraction of sp³-hybridized carbons (Fsp3) is 0.733. The van der Waals surface area contributed by atoms with Crippen LogP contribution in [0.1, 0.15) is 49.7 Å². The number of carbonyl (C=O) groups excluding carboxylic acids is 1. The molecule has 1 N–H and O–H groups in total. The van der Waals surface area contributed by atoms with Crippen molar-refractivity contribution in [3.8, 4) is 0 Å². The Morgan fingerprint density at radius 1 is 1.62 bits per heavy atom. The number of morpholine rings is 1. The number of methoxy groups -OCH3 is 1. The number of aromatic amines is 1. The highest BCUT2D eigenvalue weighted by Crippen LogP contribution is 2.24. The van der Waals surface area contributed by atoms with Gasteiger partial charge in [0.25, 0.3) is 5.91 Å². The third-order valence-electron chi connectivity index (χ3n) is 3.60. The molecule has 118 valence electrons. The van der Waals surface area contributed by atoms with Gasteiger partial charge >= 0.3 is 0 Å². The highest BCUT2D eigenvalue weighted by Gasteiger charge is 2.36. The van der Waals surface area contributed by atoms with Crippen LogP contribution in [0, 0.1) is 0 Å². The number of H-pyrrole nitrogens is 1. The van der Waals surface area contributed by atoms with Crippen LogP contribution in [0.2, 0.25) is 0 Å². The van der Waals surface area contributed by atoms with Crippen molar-refractivity contribution in [2.75, 3.05) is 26.8 Å². The Bertz CT molecular complexity index is 496. The van der Waals surface area contributed by atoms with Gasteiger partial charge < -0.3 is 14.4 Å². The van der Waals surface area contributed by atoms with Gasteiger partial charge in [-0.2, -0.15) is 5.10 Å². The summed E-state index contributed by atoms with van der Waals surface area (Å²) < 4.78 is 11.1. The highest BCUT2D eigenvalue weighted by atomic mass is 16.5. The van der Waals surface area contributed by atoms with Crippen molar-refractivity contribution in [2.24, 2.45) is 0 Å². The quantitative estimate of drug-likeness (QED) is 0.919. The van der Waals surface area contributed by atoms with Crippen LogP contribution in [0.4, 0.5) is 0 Å². The van der Waals surface area contributed by atoms with Crippen LogP contribution in [0.25, 0.3) is 0 Å². The molecule has 1 aliphatic rings. The Morgan fingerprint density at radius 2 is 2.33 bits per heavy atom. The standard InChI is InChI=1S/C15H25N3O3/c1-10(2)13-12(6-16-17-13)14(19)18-7-11(8-20-5)21-15(3,4)9-18/h6,10-11H,7-9H2,1-5H3,(H,16,17)/t11-/m0/s1. The van der Waals surface area contributed by atoms with Crippen LogP contribution in [0.3, 0.4) is 0 Å². The lowest BCUT2D eigenvalue weighted by molar-refractivity contribution is -0.143. The van der Waals surface area contributed by atoms with E-state index in [1.807, 2.05) is 32.6 Å². The first-order valence-corrected chi connectivity index (χ1v) is 7.33. The molecule has 2 rings (SSSR count). The predicted octanol–water partition coefficient (Wildman–Crippen LogP) is 1.80. The summed E-state index contributed by atoms with van der Waals surface area (Å²) in [6.45, 7) is 9.66. The van der Waals surface area contributed by atoms with Gasteiger partial charge in [-0.05, 0) is 19.8 Å². The zero-order chi connectivity index (χ0) is 15.6. The minimum Gasteiger partial charge on any atom is -0.382 e. The Labute approximate surface area is 125 Å². The average Bonchev–Trinajstić information content (AvgIpc) is 2.85. The van der Waals surface area contributed by atoms with Gasteiger partial charge in [0.2, 0.25) is 0 Å². The molecule has 1 aromatic rings. The number of aromatic nitrogens is 2. The van der Waals surface area contributed by atoms with Crippen LogP contribution >= 0.6 is 0 Å². The molecule has 0 aromatic carbocycles. The van der Waals surface area contributed by atoms with Gasteiger partial charge in [0.15, 0.2) is 0 Å². The fourth-order valence-electron chi connectivity index (χ4n) is 2.80. The van der Waals surface area contributed by atoms with Crippen LogP contribution in [0.15, 0.2) is 6.20 Å². The summed E-state index contributed by atoms with van der Waals surface area (Å²) in [5.41, 5.74) is 1.16. The lowest BCUT2D eigenvalue weighted by atomic mass is 10.0. The molecule has 1 aliphatic heterocycles. The maximum atomic E-state index is 12.8. The van der Waals surface area contributed by atoms with Crippen molar-refractivity contribution in [3.05, 3.63) is 17.5 Å². The number of hydrogen-bond acceptors (Lipinski definition) is 4. The minimum atomic E-state index is -0.376. The second-order valence-electron chi connectivity index (χ2n) is 6.49. The van der Waals surface area contributed by atoms with Crippen molar-refractivity contribution >= 4 is 5.91 Å². The van der Waals surface area contributed by atoms with Crippen molar-refractivity contribution in [1.29, 1.82) is 0 Å². The van der Waals surface area contributed by atoms with Gasteiger partial charge in [0.1, 0.15) is 0 Å². The summed E-state index contributed by atoms with van der Waals surface area (Å²) >= 11 is 0. The first-order valence-electron chi connectivity index (χ1n) is 7.33. The van der Waals surface area contributed by atoms with E-state index in [1.54, 1.807) is 13.3 Å². The molecule has 1 amide bonds. The molecular weight excluding hydrogens is 270 g/mol. The van der Waals surface area contributed by atoms with E-state index in [0.29, 0.717) is 25.3 Å². The summed E-state index contributed by atoms with van der Waals surface area (Å²) in [6, 6.07) is 0. The Balaban J connectivity index is 2.19. The normalized spacial score (nSPS) is 21.8. The van der Waals surface area contributed by atoms with E-state index in [-0.39, 0.29) is 23.5 Å². The van der Waals surface area contributed by atoms with Gasteiger partial charge in [-0.25, -0.2) is 0 Å². The van der Waals surface area contributed by atoms with Crippen molar-refractivity contribution < 1.29 is 14.3 Å². The van der Waals surface area contributed by atoms with Gasteiger partial charge in [0.05, 0.1) is 35.8 Å². The molecule has 1 saturated heterocycles. The molecule has 6 heteroatoms. The van der Waals surface area contributed by atoms with E-state index in [0.717, 1.165) is 5.69 Å². The maximum Gasteiger partial charge on any atom is 0.257 e. The summed E-state index contributed by atoms with van der Waals surface area (Å²) in [7, 11) is 1.64. The lowest BCUT2D eigenvalue weighted by Gasteiger charge is -2.42. The van der Waals surface area contributed by atoms with Crippen LogP contribution in [-0.4, -0.2) is 59.5 Å². The number of hydrogen-bond donors (Lipinski definition) is 1. The molecule has 2 heterocycles. The fourth-order valence-corrected chi connectivity index (χ4v) is 2.80. The van der Waals surface area contributed by atoms with E-state index >= 15 is 0 Å². The summed E-state index contributed by atoms with van der Waals surface area (Å²) in [5, 5.41) is 6.95. The van der Waals surface area contributed by atoms with Crippen molar-refractivity contribution in [2.45, 2.75) is 45.3 Å². The second-order valence-corrected chi connectivity index (χ2v) is 6.49. The molecule has 0 unspecified atom stereocenters. The molecule has 1 aromatic heterocycles. The monoisotopic (exact) mass is 295 g/mol. The largest absolute Gasteiger partial charge is 0.382 e. The average molecular weight is 295 g/mol. The van der Waals surface area contributed by atoms with Crippen molar-refractivity contribution in [3.63, 3.8) is 0 Å². The van der Waals surface area contributed by atoms with E-state index in [2.05, 4.69) is 10.2 Å². The third kappa shape index (κ3) is 3.63. The van der Waals surface area contributed by atoms with Crippen LogP contribution in [-0.2, 0) is 9.47 Å². The second kappa shape index (κ2) is 6.15. The number of nitrogens with one attached hydrogen (secondary N) is 1. The molecule has 1 fully saturated rings. The SMILES string of the molecule is COC[C@@H]1CN(C(=O)c2cn[nH]c2C(C)C)CC(C)(C)O1. The molecule has 6 nitrogen and oxygen atoms in total. The third-order valence-corrected chi connectivity index (χ3v) is 3.60. The summed E-state index contributed by atoms with van der Waals surface area (Å²) in [6.07, 6.45) is 1.52. The van der Waals surface area contributed by atoms with E-state index in [4.69, 9.17) is 9.47 Å². The minimum absolute atomic E-state index is 0.00456. The van der Waals surface area contributed by atoms with Gasteiger partial charge in [-0.3, -0.25) is 9.89 Å². The van der Waals surface area contributed by atoms with Gasteiger partial charge in [-0.1, -0.05) is 13.8 Å². The number of amides is 1. The van der Waals surface area contributed by atoms with E-state index in [1.165, 1.54) is 0 Å². The molecule has 0 aliphatic carbocycles. The van der Waals surface area contributed by atoms with Crippen molar-refractivity contribution in [1.82, 2.24) is 15.1 Å². The van der Waals surface area contributed by atoms with E-state index in [9.17, 15) is 4.79 Å². The molecule has 0 saturated carbocycles. The molecule has 0 bridgehead atoms. The van der Waals surface area contributed by atoms with Crippen LogP contribution in [0.5, 0.6) is 0 Å². The summed E-state index contributed by atoms with van der Waals surface area (Å²) in [4.78, 5) is 14.6. The number of ether oxygens (including phenoxy) is 2. The maximum absolute atomic E-state index is 12.8. The van der Waals surface area contributed by atoms with Crippen LogP contribution < -0.4 is 0 Å². The lowest BCUT2D eigenvalue weighted by Crippen LogP contribution is -2.55. The smallest absolute Gasteiger partial charge is 0.257 e. The highest BCUT2D eigenvalue weighted by molar-refractivity contribution is 5.95. The Kier molecular flexibility index (Phi) is 4.68. The molecular formula is C15H25N3O3. The van der Waals surface area contributed by atoms with Gasteiger partial charge in [0, 0.05) is 20.2 Å². The number of nitrogens with zero attached hydrogens (tertiary/aromatic N) is 2.